The largest absolute Gasteiger partial charge is 0.462 e. The Morgan fingerprint density at radius 2 is 1.52 bits per heavy atom. The van der Waals surface area contributed by atoms with Crippen molar-refractivity contribution in [1.29, 1.82) is 0 Å². The van der Waals surface area contributed by atoms with Crippen molar-refractivity contribution >= 4 is 23.7 Å². The van der Waals surface area contributed by atoms with Crippen LogP contribution in [0.3, 0.4) is 0 Å². The maximum atomic E-state index is 12.6. The smallest absolute Gasteiger partial charge is 0.311 e. The Bertz CT molecular complexity index is 605. The summed E-state index contributed by atoms with van der Waals surface area (Å²) in [6.07, 6.45) is -2.15. The van der Waals surface area contributed by atoms with Crippen molar-refractivity contribution in [1.82, 2.24) is 0 Å². The van der Waals surface area contributed by atoms with Crippen LogP contribution in [0.5, 0.6) is 0 Å². The molecule has 2 fully saturated rings. The van der Waals surface area contributed by atoms with Gasteiger partial charge in [-0.3, -0.25) is 9.59 Å². The molecule has 0 radical (unpaired) electrons. The Morgan fingerprint density at radius 3 is 2.03 bits per heavy atom. The predicted octanol–water partition coefficient (Wildman–Crippen LogP) is 3.53. The van der Waals surface area contributed by atoms with Gasteiger partial charge in [-0.15, -0.1) is 11.8 Å². The molecule has 168 valence electrons. The SMILES string of the molecule is CCS[C@@H]1O[C@H](COC(=O)C(C)(C)C)[C@@H]2OC(C)(C)O[C@@H]2[C@H]1OC(=O)C(C)(C)C. The summed E-state index contributed by atoms with van der Waals surface area (Å²) in [6, 6.07) is 0. The molecule has 0 unspecified atom stereocenters. The summed E-state index contributed by atoms with van der Waals surface area (Å²) in [4.78, 5) is 24.8. The molecule has 0 aromatic rings. The van der Waals surface area contributed by atoms with E-state index in [9.17, 15) is 9.59 Å². The van der Waals surface area contributed by atoms with Crippen molar-refractivity contribution in [3.8, 4) is 0 Å². The minimum atomic E-state index is -0.858. The topological polar surface area (TPSA) is 80.3 Å². The third-order valence-corrected chi connectivity index (χ3v) is 5.65. The van der Waals surface area contributed by atoms with Crippen molar-refractivity contribution in [2.45, 2.75) is 98.0 Å². The van der Waals surface area contributed by atoms with Crippen LogP contribution < -0.4 is 0 Å². The van der Waals surface area contributed by atoms with E-state index in [1.165, 1.54) is 11.8 Å². The molecule has 0 aromatic carbocycles. The fourth-order valence-corrected chi connectivity index (χ4v) is 4.02. The Hall–Kier alpha value is -0.830. The van der Waals surface area contributed by atoms with Crippen molar-refractivity contribution < 1.29 is 33.3 Å². The summed E-state index contributed by atoms with van der Waals surface area (Å²) in [5, 5.41) is 0. The lowest BCUT2D eigenvalue weighted by molar-refractivity contribution is -0.203. The summed E-state index contributed by atoms with van der Waals surface area (Å²) in [5.74, 6) is -0.720. The first kappa shape index (κ1) is 24.4. The van der Waals surface area contributed by atoms with Gasteiger partial charge >= 0.3 is 11.9 Å². The molecule has 2 aliphatic heterocycles. The third kappa shape index (κ3) is 6.09. The number of rotatable bonds is 5. The van der Waals surface area contributed by atoms with Crippen LogP contribution in [-0.2, 0) is 33.3 Å². The Balaban J connectivity index is 2.24. The Labute approximate surface area is 178 Å². The molecule has 8 heteroatoms. The van der Waals surface area contributed by atoms with Crippen LogP contribution in [-0.4, -0.2) is 59.9 Å². The predicted molar refractivity (Wildman–Crippen MR) is 110 cm³/mol. The standard InChI is InChI=1S/C21H36O7S/c1-10-29-16-15(26-18(23)20(5,6)7)14-13(27-21(8,9)28-14)12(25-16)11-24-17(22)19(2,3)4/h12-16H,10-11H2,1-9H3/t12-,13+,14+,15-,16+/m1/s1. The quantitative estimate of drug-likeness (QED) is 0.611. The molecule has 2 rings (SSSR count). The average Bonchev–Trinajstić information content (AvgIpc) is 2.88. The average molecular weight is 433 g/mol. The summed E-state index contributed by atoms with van der Waals surface area (Å²) in [5.41, 5.74) is -1.70. The van der Waals surface area contributed by atoms with Gasteiger partial charge < -0.3 is 23.7 Å². The molecule has 7 nitrogen and oxygen atoms in total. The van der Waals surface area contributed by atoms with E-state index < -0.39 is 46.5 Å². The molecule has 2 heterocycles. The van der Waals surface area contributed by atoms with E-state index in [-0.39, 0.29) is 18.5 Å². The molecule has 0 aliphatic carbocycles. The van der Waals surface area contributed by atoms with E-state index >= 15 is 0 Å². The first-order valence-electron chi connectivity index (χ1n) is 10.2. The second-order valence-electron chi connectivity index (χ2n) is 10.0. The minimum Gasteiger partial charge on any atom is -0.462 e. The van der Waals surface area contributed by atoms with Crippen molar-refractivity contribution in [3.05, 3.63) is 0 Å². The van der Waals surface area contributed by atoms with Gasteiger partial charge in [0, 0.05) is 0 Å². The molecular weight excluding hydrogens is 396 g/mol. The number of carbonyl (C=O) groups is 2. The summed E-state index contributed by atoms with van der Waals surface area (Å²) < 4.78 is 29.8. The maximum absolute atomic E-state index is 12.6. The van der Waals surface area contributed by atoms with Crippen LogP contribution in [0.1, 0.15) is 62.3 Å². The van der Waals surface area contributed by atoms with Crippen molar-refractivity contribution in [2.24, 2.45) is 10.8 Å². The van der Waals surface area contributed by atoms with Gasteiger partial charge in [0.25, 0.3) is 0 Å². The minimum absolute atomic E-state index is 0.0530. The molecule has 0 aromatic heterocycles. The fraction of sp³-hybridized carbons (Fsp3) is 0.905. The zero-order valence-corrected chi connectivity index (χ0v) is 19.9. The molecule has 0 saturated carbocycles. The van der Waals surface area contributed by atoms with E-state index in [4.69, 9.17) is 23.7 Å². The van der Waals surface area contributed by atoms with E-state index in [2.05, 4.69) is 0 Å². The maximum Gasteiger partial charge on any atom is 0.311 e. The van der Waals surface area contributed by atoms with E-state index in [0.29, 0.717) is 0 Å². The number of fused-ring (bicyclic) bond motifs is 1. The van der Waals surface area contributed by atoms with Gasteiger partial charge in [-0.25, -0.2) is 0 Å². The molecule has 2 saturated heterocycles. The number of carbonyl (C=O) groups excluding carboxylic acids is 2. The summed E-state index contributed by atoms with van der Waals surface area (Å²) in [7, 11) is 0. The highest BCUT2D eigenvalue weighted by atomic mass is 32.2. The van der Waals surface area contributed by atoms with E-state index in [1.54, 1.807) is 20.8 Å². The van der Waals surface area contributed by atoms with Gasteiger partial charge in [-0.05, 0) is 61.1 Å². The van der Waals surface area contributed by atoms with Crippen LogP contribution in [0.25, 0.3) is 0 Å². The molecule has 0 amide bonds. The lowest BCUT2D eigenvalue weighted by Gasteiger charge is -2.42. The monoisotopic (exact) mass is 432 g/mol. The fourth-order valence-electron chi connectivity index (χ4n) is 3.07. The molecule has 2 aliphatic rings. The number of ether oxygens (including phenoxy) is 5. The molecule has 0 spiro atoms. The Morgan fingerprint density at radius 1 is 0.966 bits per heavy atom. The number of thioether (sulfide) groups is 1. The normalized spacial score (nSPS) is 31.8. The number of hydrogen-bond acceptors (Lipinski definition) is 8. The highest BCUT2D eigenvalue weighted by Crippen LogP contribution is 2.42. The number of esters is 2. The van der Waals surface area contributed by atoms with Crippen LogP contribution in [0.4, 0.5) is 0 Å². The molecular formula is C21H36O7S. The lowest BCUT2D eigenvalue weighted by Crippen LogP contribution is -2.58. The van der Waals surface area contributed by atoms with Crippen molar-refractivity contribution in [3.63, 3.8) is 0 Å². The molecule has 0 N–H and O–H groups in total. The zero-order valence-electron chi connectivity index (χ0n) is 19.1. The number of hydrogen-bond donors (Lipinski definition) is 0. The van der Waals surface area contributed by atoms with Crippen LogP contribution in [0, 0.1) is 10.8 Å². The summed E-state index contributed by atoms with van der Waals surface area (Å²) >= 11 is 1.53. The van der Waals surface area contributed by atoms with Gasteiger partial charge in [-0.1, -0.05) is 6.92 Å². The van der Waals surface area contributed by atoms with Crippen LogP contribution in [0.2, 0.25) is 0 Å². The van der Waals surface area contributed by atoms with Crippen molar-refractivity contribution in [2.75, 3.05) is 12.4 Å². The van der Waals surface area contributed by atoms with E-state index in [1.807, 2.05) is 41.5 Å². The van der Waals surface area contributed by atoms with Crippen LogP contribution in [0.15, 0.2) is 0 Å². The summed E-state index contributed by atoms with van der Waals surface area (Å²) in [6.45, 7) is 16.5. The lowest BCUT2D eigenvalue weighted by atomic mass is 9.96. The van der Waals surface area contributed by atoms with Gasteiger partial charge in [0.15, 0.2) is 11.9 Å². The van der Waals surface area contributed by atoms with Gasteiger partial charge in [-0.2, -0.15) is 0 Å². The molecule has 29 heavy (non-hydrogen) atoms. The second kappa shape index (κ2) is 8.73. The molecule has 0 bridgehead atoms. The van der Waals surface area contributed by atoms with Crippen LogP contribution >= 0.6 is 11.8 Å². The van der Waals surface area contributed by atoms with Gasteiger partial charge in [0.1, 0.15) is 30.4 Å². The third-order valence-electron chi connectivity index (χ3n) is 4.61. The van der Waals surface area contributed by atoms with E-state index in [0.717, 1.165) is 5.75 Å². The van der Waals surface area contributed by atoms with Gasteiger partial charge in [0.05, 0.1) is 10.8 Å². The first-order chi connectivity index (χ1) is 13.2. The zero-order chi connectivity index (χ0) is 22.2. The van der Waals surface area contributed by atoms with Gasteiger partial charge in [0.2, 0.25) is 0 Å². The second-order valence-corrected chi connectivity index (χ2v) is 11.4. The highest BCUT2D eigenvalue weighted by molar-refractivity contribution is 7.99. The Kier molecular flexibility index (Phi) is 7.36. The molecule has 5 atom stereocenters. The highest BCUT2D eigenvalue weighted by Gasteiger charge is 2.57. The first-order valence-corrected chi connectivity index (χ1v) is 11.2.